The number of H-pyrrole nitrogens is 2. The maximum atomic E-state index is 11.4. The first-order valence-electron chi connectivity index (χ1n) is 6.23. The van der Waals surface area contributed by atoms with Gasteiger partial charge in [-0.15, -0.1) is 5.10 Å². The molecule has 1 aromatic rings. The number of carboxylic acids is 1. The van der Waals surface area contributed by atoms with Crippen LogP contribution in [-0.4, -0.2) is 32.8 Å². The molecule has 8 nitrogen and oxygen atoms in total. The molecule has 2 atom stereocenters. The van der Waals surface area contributed by atoms with E-state index >= 15 is 0 Å². The molecule has 0 amide bonds. The van der Waals surface area contributed by atoms with Gasteiger partial charge in [-0.3, -0.25) is 14.6 Å². The number of rotatable bonds is 4. The monoisotopic (exact) mass is 268 g/mol. The van der Waals surface area contributed by atoms with E-state index < -0.39 is 17.2 Å². The summed E-state index contributed by atoms with van der Waals surface area (Å²) >= 11 is 0. The Labute approximate surface area is 108 Å². The van der Waals surface area contributed by atoms with Gasteiger partial charge in [0.05, 0.1) is 5.92 Å². The number of hydrogen-bond donors (Lipinski definition) is 4. The fourth-order valence-electron chi connectivity index (χ4n) is 2.47. The van der Waals surface area contributed by atoms with Crippen molar-refractivity contribution in [2.45, 2.75) is 25.7 Å². The molecule has 1 aliphatic carbocycles. The number of aromatic nitrogens is 3. The molecule has 0 saturated heterocycles. The lowest BCUT2D eigenvalue weighted by Gasteiger charge is -2.28. The summed E-state index contributed by atoms with van der Waals surface area (Å²) in [7, 11) is 0. The molecular formula is C11H16N4O4. The van der Waals surface area contributed by atoms with E-state index in [1.165, 1.54) is 0 Å². The van der Waals surface area contributed by atoms with Crippen LogP contribution in [0.4, 0.5) is 5.82 Å². The maximum absolute atomic E-state index is 11.4. The second kappa shape index (κ2) is 5.68. The maximum Gasteiger partial charge on any atom is 0.342 e. The first-order valence-corrected chi connectivity index (χ1v) is 6.23. The molecule has 1 aromatic heterocycles. The van der Waals surface area contributed by atoms with Crippen molar-refractivity contribution in [2.24, 2.45) is 11.8 Å². The summed E-state index contributed by atoms with van der Waals surface area (Å²) in [5.74, 6) is -1.20. The molecule has 19 heavy (non-hydrogen) atoms. The first-order chi connectivity index (χ1) is 9.08. The van der Waals surface area contributed by atoms with E-state index in [2.05, 4.69) is 20.5 Å². The van der Waals surface area contributed by atoms with Crippen LogP contribution in [0.2, 0.25) is 0 Å². The van der Waals surface area contributed by atoms with Crippen LogP contribution >= 0.6 is 0 Å². The number of nitrogens with zero attached hydrogens (tertiary/aromatic N) is 1. The fraction of sp³-hybridized carbons (Fsp3) is 0.636. The molecule has 0 radical (unpaired) electrons. The molecule has 8 heteroatoms. The van der Waals surface area contributed by atoms with Crippen LogP contribution in [0.15, 0.2) is 9.59 Å². The molecule has 1 heterocycles. The third-order valence-electron chi connectivity index (χ3n) is 3.47. The summed E-state index contributed by atoms with van der Waals surface area (Å²) in [4.78, 5) is 35.4. The zero-order valence-corrected chi connectivity index (χ0v) is 10.3. The minimum Gasteiger partial charge on any atom is -0.481 e. The highest BCUT2D eigenvalue weighted by Gasteiger charge is 2.30. The average Bonchev–Trinajstić information content (AvgIpc) is 2.38. The van der Waals surface area contributed by atoms with Gasteiger partial charge in [-0.1, -0.05) is 12.8 Å². The van der Waals surface area contributed by atoms with Gasteiger partial charge in [0.15, 0.2) is 0 Å². The normalized spacial score (nSPS) is 22.9. The number of hydrogen-bond acceptors (Lipinski definition) is 5. The van der Waals surface area contributed by atoms with Gasteiger partial charge in [0.1, 0.15) is 0 Å². The van der Waals surface area contributed by atoms with E-state index in [0.717, 1.165) is 19.3 Å². The van der Waals surface area contributed by atoms with E-state index in [1.807, 2.05) is 0 Å². The molecule has 1 saturated carbocycles. The minimum atomic E-state index is -0.796. The van der Waals surface area contributed by atoms with Crippen LogP contribution in [0.5, 0.6) is 0 Å². The van der Waals surface area contributed by atoms with Crippen LogP contribution in [0.1, 0.15) is 25.7 Å². The fourth-order valence-corrected chi connectivity index (χ4v) is 2.47. The molecule has 2 rings (SSSR count). The SMILES string of the molecule is O=C(O)C1CCCCC1CNc1n[nH]c(=O)[nH]c1=O. The van der Waals surface area contributed by atoms with E-state index in [1.54, 1.807) is 0 Å². The van der Waals surface area contributed by atoms with Crippen molar-refractivity contribution in [3.05, 3.63) is 20.8 Å². The quantitative estimate of drug-likeness (QED) is 0.596. The number of aromatic amines is 2. The molecule has 1 aliphatic rings. The largest absolute Gasteiger partial charge is 0.481 e. The molecule has 2 unspecified atom stereocenters. The third kappa shape index (κ3) is 3.21. The van der Waals surface area contributed by atoms with Gasteiger partial charge in [0, 0.05) is 6.54 Å². The standard InChI is InChI=1S/C11H16N4O4/c16-9-8(14-15-11(19)13-9)12-5-6-3-1-2-4-7(6)10(17)18/h6-7H,1-5H2,(H,12,14)(H,17,18)(H2,13,15,16,19). The lowest BCUT2D eigenvalue weighted by molar-refractivity contribution is -0.144. The van der Waals surface area contributed by atoms with Crippen molar-refractivity contribution in [3.8, 4) is 0 Å². The lowest BCUT2D eigenvalue weighted by atomic mass is 9.79. The number of nitrogens with one attached hydrogen (secondary N) is 3. The van der Waals surface area contributed by atoms with Gasteiger partial charge in [-0.05, 0) is 18.8 Å². The molecule has 1 fully saturated rings. The van der Waals surface area contributed by atoms with Crippen molar-refractivity contribution in [1.29, 1.82) is 0 Å². The van der Waals surface area contributed by atoms with Gasteiger partial charge in [0.25, 0.3) is 5.56 Å². The number of aliphatic carboxylic acids is 1. The summed E-state index contributed by atoms with van der Waals surface area (Å²) in [5, 5.41) is 17.7. The highest BCUT2D eigenvalue weighted by atomic mass is 16.4. The molecule has 4 N–H and O–H groups in total. The Hall–Kier alpha value is -2.12. The predicted molar refractivity (Wildman–Crippen MR) is 67.1 cm³/mol. The Balaban J connectivity index is 2.02. The van der Waals surface area contributed by atoms with E-state index in [-0.39, 0.29) is 17.7 Å². The molecule has 0 aliphatic heterocycles. The third-order valence-corrected chi connectivity index (χ3v) is 3.47. The van der Waals surface area contributed by atoms with Gasteiger partial charge >= 0.3 is 11.7 Å². The zero-order chi connectivity index (χ0) is 13.8. The summed E-state index contributed by atoms with van der Waals surface area (Å²) in [6.45, 7) is 0.360. The van der Waals surface area contributed by atoms with Crippen LogP contribution < -0.4 is 16.6 Å². The van der Waals surface area contributed by atoms with E-state index in [4.69, 9.17) is 5.11 Å². The van der Waals surface area contributed by atoms with Crippen molar-refractivity contribution in [3.63, 3.8) is 0 Å². The Morgan fingerprint density at radius 2 is 2.11 bits per heavy atom. The van der Waals surface area contributed by atoms with Gasteiger partial charge in [-0.25, -0.2) is 9.89 Å². The second-order valence-corrected chi connectivity index (χ2v) is 4.73. The van der Waals surface area contributed by atoms with Crippen LogP contribution in [-0.2, 0) is 4.79 Å². The first kappa shape index (κ1) is 13.3. The van der Waals surface area contributed by atoms with Crippen molar-refractivity contribution in [2.75, 3.05) is 11.9 Å². The predicted octanol–water partition coefficient (Wildman–Crippen LogP) is -0.239. The van der Waals surface area contributed by atoms with E-state index in [0.29, 0.717) is 13.0 Å². The number of carbonyl (C=O) groups is 1. The summed E-state index contributed by atoms with van der Waals surface area (Å²) in [5.41, 5.74) is -1.27. The van der Waals surface area contributed by atoms with Crippen LogP contribution in [0.3, 0.4) is 0 Å². The van der Waals surface area contributed by atoms with Crippen molar-refractivity contribution in [1.82, 2.24) is 15.2 Å². The Morgan fingerprint density at radius 1 is 1.37 bits per heavy atom. The zero-order valence-electron chi connectivity index (χ0n) is 10.3. The van der Waals surface area contributed by atoms with Crippen molar-refractivity contribution >= 4 is 11.8 Å². The van der Waals surface area contributed by atoms with Gasteiger partial charge in [-0.2, -0.15) is 0 Å². The van der Waals surface area contributed by atoms with Gasteiger partial charge in [0.2, 0.25) is 5.82 Å². The Morgan fingerprint density at radius 3 is 2.79 bits per heavy atom. The second-order valence-electron chi connectivity index (χ2n) is 4.73. The van der Waals surface area contributed by atoms with Gasteiger partial charge < -0.3 is 10.4 Å². The van der Waals surface area contributed by atoms with E-state index in [9.17, 15) is 14.4 Å². The smallest absolute Gasteiger partial charge is 0.342 e. The molecule has 0 spiro atoms. The molecule has 0 bridgehead atoms. The Bertz CT molecular complexity index is 564. The summed E-state index contributed by atoms with van der Waals surface area (Å²) in [6, 6.07) is 0. The Kier molecular flexibility index (Phi) is 3.98. The van der Waals surface area contributed by atoms with Crippen LogP contribution in [0.25, 0.3) is 0 Å². The lowest BCUT2D eigenvalue weighted by Crippen LogP contribution is -2.34. The molecule has 104 valence electrons. The average molecular weight is 268 g/mol. The van der Waals surface area contributed by atoms with Crippen LogP contribution in [0, 0.1) is 11.8 Å². The highest BCUT2D eigenvalue weighted by molar-refractivity contribution is 5.70. The summed E-state index contributed by atoms with van der Waals surface area (Å²) in [6.07, 6.45) is 3.39. The van der Waals surface area contributed by atoms with Crippen molar-refractivity contribution < 1.29 is 9.90 Å². The molecular weight excluding hydrogens is 252 g/mol. The molecule has 0 aromatic carbocycles. The number of carboxylic acid groups (broad SMARTS) is 1. The number of anilines is 1. The minimum absolute atomic E-state index is 0.00862. The topological polar surface area (TPSA) is 128 Å². The summed E-state index contributed by atoms with van der Waals surface area (Å²) < 4.78 is 0. The highest BCUT2D eigenvalue weighted by Crippen LogP contribution is 2.30.